The number of aromatic hydroxyl groups is 1. The number of aliphatic carboxylic acids is 1. The zero-order valence-corrected chi connectivity index (χ0v) is 18.1. The number of nitrogens with zero attached hydrogens (tertiary/aromatic N) is 1. The normalized spacial score (nSPS) is 11.1. The summed E-state index contributed by atoms with van der Waals surface area (Å²) in [6, 6.07) is 17.1. The summed E-state index contributed by atoms with van der Waals surface area (Å²) in [6.07, 6.45) is 3.99. The standard InChI is InChI=1S/C27H21NO5/c1-16-11-17(2)13-19(12-16)26(32)23-15-28-24-14-20(29)6-9-22(24)27(23)33-21-7-3-18(4-8-21)5-10-25(30)31/h3-15,29H,1-2H3,(H,30,31)/b10-5+. The Morgan fingerprint density at radius 3 is 2.30 bits per heavy atom. The molecule has 0 aliphatic rings. The lowest BCUT2D eigenvalue weighted by Gasteiger charge is -2.14. The number of hydrogen-bond donors (Lipinski definition) is 2. The summed E-state index contributed by atoms with van der Waals surface area (Å²) >= 11 is 0. The van der Waals surface area contributed by atoms with Crippen molar-refractivity contribution in [3.63, 3.8) is 0 Å². The van der Waals surface area contributed by atoms with Crippen LogP contribution in [0.15, 0.2) is 72.9 Å². The van der Waals surface area contributed by atoms with Gasteiger partial charge in [-0.2, -0.15) is 0 Å². The molecule has 0 saturated carbocycles. The molecule has 0 saturated heterocycles. The first-order chi connectivity index (χ1) is 15.8. The largest absolute Gasteiger partial charge is 0.508 e. The molecule has 33 heavy (non-hydrogen) atoms. The number of phenolic OH excluding ortho intramolecular Hbond substituents is 1. The number of aromatic nitrogens is 1. The third kappa shape index (κ3) is 4.91. The van der Waals surface area contributed by atoms with Gasteiger partial charge in [-0.05, 0) is 61.9 Å². The van der Waals surface area contributed by atoms with Crippen LogP contribution in [0.3, 0.4) is 0 Å². The molecule has 0 aliphatic heterocycles. The number of benzene rings is 3. The first-order valence-electron chi connectivity index (χ1n) is 10.2. The summed E-state index contributed by atoms with van der Waals surface area (Å²) in [7, 11) is 0. The van der Waals surface area contributed by atoms with E-state index in [9.17, 15) is 14.7 Å². The summed E-state index contributed by atoms with van der Waals surface area (Å²) in [6.45, 7) is 3.87. The highest BCUT2D eigenvalue weighted by molar-refractivity contribution is 6.13. The molecule has 2 N–H and O–H groups in total. The molecule has 0 spiro atoms. The fourth-order valence-electron chi connectivity index (χ4n) is 3.62. The highest BCUT2D eigenvalue weighted by Crippen LogP contribution is 2.35. The first kappa shape index (κ1) is 21.8. The van der Waals surface area contributed by atoms with E-state index in [1.54, 1.807) is 30.3 Å². The minimum absolute atomic E-state index is 0.0592. The predicted octanol–water partition coefficient (Wildman–Crippen LogP) is 5.68. The molecular formula is C27H21NO5. The Hall–Kier alpha value is -4.45. The molecule has 4 rings (SSSR count). The number of carbonyl (C=O) groups excluding carboxylic acids is 1. The van der Waals surface area contributed by atoms with Crippen molar-refractivity contribution in [2.75, 3.05) is 0 Å². The summed E-state index contributed by atoms with van der Waals surface area (Å²) in [5.74, 6) is -0.393. The topological polar surface area (TPSA) is 96.7 Å². The molecule has 0 aliphatic carbocycles. The number of carboxylic acids is 1. The molecule has 0 fully saturated rings. The third-order valence-corrected chi connectivity index (χ3v) is 5.05. The molecule has 164 valence electrons. The SMILES string of the molecule is Cc1cc(C)cc(C(=O)c2cnc3cc(O)ccc3c2Oc2ccc(/C=C/C(=O)O)cc2)c1. The van der Waals surface area contributed by atoms with Gasteiger partial charge in [-0.25, -0.2) is 4.79 Å². The van der Waals surface area contributed by atoms with E-state index in [0.29, 0.717) is 39.1 Å². The van der Waals surface area contributed by atoms with Gasteiger partial charge in [-0.15, -0.1) is 0 Å². The number of carboxylic acid groups (broad SMARTS) is 1. The van der Waals surface area contributed by atoms with E-state index in [-0.39, 0.29) is 11.5 Å². The number of ether oxygens (including phenoxy) is 1. The Bertz CT molecular complexity index is 1380. The smallest absolute Gasteiger partial charge is 0.328 e. The Balaban J connectivity index is 1.79. The number of rotatable bonds is 6. The summed E-state index contributed by atoms with van der Waals surface area (Å²) in [4.78, 5) is 28.5. The summed E-state index contributed by atoms with van der Waals surface area (Å²) in [5.41, 5.74) is 3.97. The van der Waals surface area contributed by atoms with Gasteiger partial charge >= 0.3 is 5.97 Å². The van der Waals surface area contributed by atoms with E-state index in [1.165, 1.54) is 24.4 Å². The fourth-order valence-corrected chi connectivity index (χ4v) is 3.62. The van der Waals surface area contributed by atoms with Gasteiger partial charge in [-0.3, -0.25) is 9.78 Å². The average molecular weight is 439 g/mol. The molecule has 3 aromatic carbocycles. The van der Waals surface area contributed by atoms with Crippen LogP contribution in [0.5, 0.6) is 17.2 Å². The lowest BCUT2D eigenvalue weighted by Crippen LogP contribution is -2.06. The molecule has 1 heterocycles. The third-order valence-electron chi connectivity index (χ3n) is 5.05. The molecule has 0 radical (unpaired) electrons. The number of hydrogen-bond acceptors (Lipinski definition) is 5. The predicted molar refractivity (Wildman–Crippen MR) is 126 cm³/mol. The number of fused-ring (bicyclic) bond motifs is 1. The maximum absolute atomic E-state index is 13.4. The van der Waals surface area contributed by atoms with Crippen LogP contribution < -0.4 is 4.74 Å². The van der Waals surface area contributed by atoms with Gasteiger partial charge in [-0.1, -0.05) is 29.3 Å². The van der Waals surface area contributed by atoms with E-state index < -0.39 is 5.97 Å². The van der Waals surface area contributed by atoms with Crippen molar-refractivity contribution in [1.29, 1.82) is 0 Å². The second-order valence-electron chi connectivity index (χ2n) is 7.75. The van der Waals surface area contributed by atoms with Crippen molar-refractivity contribution in [1.82, 2.24) is 4.98 Å². The molecule has 0 atom stereocenters. The molecule has 0 unspecified atom stereocenters. The van der Waals surface area contributed by atoms with Crippen LogP contribution in [0.2, 0.25) is 0 Å². The fraction of sp³-hybridized carbons (Fsp3) is 0.0741. The number of phenols is 1. The van der Waals surface area contributed by atoms with Crippen LogP contribution in [0.4, 0.5) is 0 Å². The van der Waals surface area contributed by atoms with E-state index in [0.717, 1.165) is 17.2 Å². The molecule has 4 aromatic rings. The van der Waals surface area contributed by atoms with Gasteiger partial charge in [0.25, 0.3) is 0 Å². The molecule has 1 aromatic heterocycles. The lowest BCUT2D eigenvalue weighted by atomic mass is 9.98. The Morgan fingerprint density at radius 1 is 0.939 bits per heavy atom. The summed E-state index contributed by atoms with van der Waals surface area (Å²) < 4.78 is 6.16. The van der Waals surface area contributed by atoms with Gasteiger partial charge in [0.05, 0.1) is 11.1 Å². The Labute approximate surface area is 190 Å². The van der Waals surface area contributed by atoms with Gasteiger partial charge < -0.3 is 14.9 Å². The zero-order valence-electron chi connectivity index (χ0n) is 18.1. The van der Waals surface area contributed by atoms with Crippen molar-refractivity contribution in [3.8, 4) is 17.2 Å². The van der Waals surface area contributed by atoms with E-state index in [4.69, 9.17) is 9.84 Å². The van der Waals surface area contributed by atoms with E-state index in [1.807, 2.05) is 32.0 Å². The van der Waals surface area contributed by atoms with Crippen molar-refractivity contribution in [2.24, 2.45) is 0 Å². The monoisotopic (exact) mass is 439 g/mol. The number of ketones is 1. The summed E-state index contributed by atoms with van der Waals surface area (Å²) in [5, 5.41) is 19.2. The number of aryl methyl sites for hydroxylation is 2. The van der Waals surface area contributed by atoms with Gasteiger partial charge in [0.15, 0.2) is 5.78 Å². The molecule has 6 heteroatoms. The molecular weight excluding hydrogens is 418 g/mol. The van der Waals surface area contributed by atoms with Crippen molar-refractivity contribution >= 4 is 28.7 Å². The highest BCUT2D eigenvalue weighted by Gasteiger charge is 2.20. The maximum Gasteiger partial charge on any atom is 0.328 e. The van der Waals surface area contributed by atoms with Crippen molar-refractivity contribution in [3.05, 3.63) is 101 Å². The number of pyridine rings is 1. The zero-order chi connectivity index (χ0) is 23.5. The van der Waals surface area contributed by atoms with Crippen LogP contribution in [0.1, 0.15) is 32.6 Å². The van der Waals surface area contributed by atoms with Crippen LogP contribution in [0, 0.1) is 13.8 Å². The van der Waals surface area contributed by atoms with E-state index in [2.05, 4.69) is 4.98 Å². The van der Waals surface area contributed by atoms with Gasteiger partial charge in [0, 0.05) is 29.3 Å². The van der Waals surface area contributed by atoms with Crippen molar-refractivity contribution < 1.29 is 24.5 Å². The molecule has 0 bridgehead atoms. The average Bonchev–Trinajstić information content (AvgIpc) is 2.77. The van der Waals surface area contributed by atoms with Crippen LogP contribution in [-0.4, -0.2) is 26.9 Å². The van der Waals surface area contributed by atoms with Gasteiger partial charge in [0.2, 0.25) is 0 Å². The van der Waals surface area contributed by atoms with Gasteiger partial charge in [0.1, 0.15) is 17.2 Å². The minimum atomic E-state index is -1.03. The minimum Gasteiger partial charge on any atom is -0.508 e. The van der Waals surface area contributed by atoms with E-state index >= 15 is 0 Å². The van der Waals surface area contributed by atoms with Crippen LogP contribution in [-0.2, 0) is 4.79 Å². The Morgan fingerprint density at radius 2 is 1.64 bits per heavy atom. The second-order valence-corrected chi connectivity index (χ2v) is 7.75. The lowest BCUT2D eigenvalue weighted by molar-refractivity contribution is -0.131. The molecule has 6 nitrogen and oxygen atoms in total. The molecule has 0 amide bonds. The Kier molecular flexibility index (Phi) is 5.91. The second kappa shape index (κ2) is 8.96. The quantitative estimate of drug-likeness (QED) is 0.296. The van der Waals surface area contributed by atoms with Crippen LogP contribution >= 0.6 is 0 Å². The van der Waals surface area contributed by atoms with Crippen molar-refractivity contribution in [2.45, 2.75) is 13.8 Å². The first-order valence-corrected chi connectivity index (χ1v) is 10.2. The highest BCUT2D eigenvalue weighted by atomic mass is 16.5. The van der Waals surface area contributed by atoms with Crippen LogP contribution in [0.25, 0.3) is 17.0 Å². The number of carbonyl (C=O) groups is 2. The maximum atomic E-state index is 13.4.